The normalized spacial score (nSPS) is 15.6. The van der Waals surface area contributed by atoms with Crippen LogP contribution in [0.4, 0.5) is 0 Å². The Balaban J connectivity index is 1.73. The van der Waals surface area contributed by atoms with E-state index in [4.69, 9.17) is 14.4 Å². The van der Waals surface area contributed by atoms with Gasteiger partial charge in [0.05, 0.1) is 11.6 Å². The number of benzene rings is 1. The summed E-state index contributed by atoms with van der Waals surface area (Å²) < 4.78 is 11.0. The van der Waals surface area contributed by atoms with Gasteiger partial charge in [-0.3, -0.25) is 9.59 Å². The van der Waals surface area contributed by atoms with Crippen molar-refractivity contribution in [3.63, 3.8) is 0 Å². The monoisotopic (exact) mass is 367 g/mol. The minimum Gasteiger partial charge on any atom is -0.451 e. The van der Waals surface area contributed by atoms with E-state index in [-0.39, 0.29) is 17.6 Å². The number of likely N-dealkylation sites (N-methyl/N-ethyl adjacent to an activating group) is 1. The van der Waals surface area contributed by atoms with E-state index in [1.165, 1.54) is 0 Å². The maximum absolute atomic E-state index is 12.6. The first kappa shape index (κ1) is 18.7. The largest absolute Gasteiger partial charge is 0.451 e. The maximum Gasteiger partial charge on any atom is 0.287 e. The van der Waals surface area contributed by atoms with Gasteiger partial charge in [0, 0.05) is 25.8 Å². The van der Waals surface area contributed by atoms with E-state index in [1.807, 2.05) is 0 Å². The number of hydrogen-bond donors (Lipinski definition) is 2. The van der Waals surface area contributed by atoms with Gasteiger partial charge in [-0.2, -0.15) is 5.26 Å². The van der Waals surface area contributed by atoms with Gasteiger partial charge in [-0.1, -0.05) is 0 Å². The third-order valence-electron chi connectivity index (χ3n) is 4.68. The van der Waals surface area contributed by atoms with Crippen LogP contribution >= 0.6 is 0 Å². The van der Waals surface area contributed by atoms with Crippen molar-refractivity contribution in [1.29, 1.82) is 5.26 Å². The minimum absolute atomic E-state index is 0.0237. The Morgan fingerprint density at radius 2 is 1.85 bits per heavy atom. The van der Waals surface area contributed by atoms with Crippen LogP contribution in [0.25, 0.3) is 11.3 Å². The van der Waals surface area contributed by atoms with E-state index in [0.717, 1.165) is 5.56 Å². The average Bonchev–Trinajstić information content (AvgIpc) is 3.22. The molecule has 1 aromatic carbocycles. The molecule has 2 heterocycles. The van der Waals surface area contributed by atoms with Gasteiger partial charge >= 0.3 is 0 Å². The lowest BCUT2D eigenvalue weighted by Gasteiger charge is -2.29. The van der Waals surface area contributed by atoms with E-state index in [2.05, 4.69) is 16.7 Å². The quantitative estimate of drug-likeness (QED) is 0.842. The second-order valence-electron chi connectivity index (χ2n) is 6.37. The first-order valence-corrected chi connectivity index (χ1v) is 8.83. The zero-order valence-corrected chi connectivity index (χ0v) is 15.0. The summed E-state index contributed by atoms with van der Waals surface area (Å²) in [7, 11) is 1.55. The summed E-state index contributed by atoms with van der Waals surface area (Å²) in [4.78, 5) is 24.8. The number of carbonyl (C=O) groups is 2. The van der Waals surface area contributed by atoms with Crippen molar-refractivity contribution in [3.8, 4) is 17.4 Å². The first-order chi connectivity index (χ1) is 13.1. The van der Waals surface area contributed by atoms with Crippen LogP contribution in [0.3, 0.4) is 0 Å². The molecular formula is C20H21N3O4. The van der Waals surface area contributed by atoms with Gasteiger partial charge in [0.1, 0.15) is 11.8 Å². The molecule has 140 valence electrons. The highest BCUT2D eigenvalue weighted by atomic mass is 16.5. The lowest BCUT2D eigenvalue weighted by atomic mass is 9.91. The number of hydrogen-bond acceptors (Lipinski definition) is 5. The van der Waals surface area contributed by atoms with Gasteiger partial charge in [-0.05, 0) is 55.2 Å². The van der Waals surface area contributed by atoms with Gasteiger partial charge in [-0.15, -0.1) is 0 Å². The highest BCUT2D eigenvalue weighted by molar-refractivity contribution is 5.96. The third kappa shape index (κ3) is 4.36. The van der Waals surface area contributed by atoms with Crippen LogP contribution in [0.5, 0.6) is 0 Å². The molecular weight excluding hydrogens is 346 g/mol. The van der Waals surface area contributed by atoms with E-state index < -0.39 is 11.9 Å². The smallest absolute Gasteiger partial charge is 0.287 e. The molecule has 0 spiro atoms. The summed E-state index contributed by atoms with van der Waals surface area (Å²) in [5.74, 6) is 0.0160. The van der Waals surface area contributed by atoms with Gasteiger partial charge in [-0.25, -0.2) is 0 Å². The topological polar surface area (TPSA) is 104 Å². The Bertz CT molecular complexity index is 845. The number of amides is 2. The van der Waals surface area contributed by atoms with E-state index in [1.54, 1.807) is 43.4 Å². The number of nitrogens with zero attached hydrogens (tertiary/aromatic N) is 1. The van der Waals surface area contributed by atoms with Crippen molar-refractivity contribution < 1.29 is 18.7 Å². The van der Waals surface area contributed by atoms with Crippen LogP contribution in [0, 0.1) is 17.2 Å². The van der Waals surface area contributed by atoms with E-state index in [9.17, 15) is 9.59 Å². The Kier molecular flexibility index (Phi) is 5.89. The third-order valence-corrected chi connectivity index (χ3v) is 4.68. The molecule has 1 aliphatic heterocycles. The fraction of sp³-hybridized carbons (Fsp3) is 0.350. The van der Waals surface area contributed by atoms with Gasteiger partial charge in [0.2, 0.25) is 5.91 Å². The summed E-state index contributed by atoms with van der Waals surface area (Å²) in [5, 5.41) is 14.3. The molecule has 7 heteroatoms. The highest BCUT2D eigenvalue weighted by Gasteiger charge is 2.31. The van der Waals surface area contributed by atoms with E-state index in [0.29, 0.717) is 37.4 Å². The lowest BCUT2D eigenvalue weighted by molar-refractivity contribution is -0.124. The van der Waals surface area contributed by atoms with Crippen molar-refractivity contribution in [2.45, 2.75) is 18.9 Å². The maximum atomic E-state index is 12.6. The molecule has 0 radical (unpaired) electrons. The standard InChI is InChI=1S/C20H21N3O4/c1-22-20(25)18(15-8-10-26-11-9-15)23-19(24)17-7-6-16(27-17)14-4-2-13(12-21)3-5-14/h2-7,15,18H,8-11H2,1H3,(H,22,25)(H,23,24). The Morgan fingerprint density at radius 1 is 1.15 bits per heavy atom. The molecule has 1 fully saturated rings. The molecule has 2 amide bonds. The lowest BCUT2D eigenvalue weighted by Crippen LogP contribution is -2.51. The van der Waals surface area contributed by atoms with Crippen LogP contribution in [0.15, 0.2) is 40.8 Å². The van der Waals surface area contributed by atoms with Gasteiger partial charge in [0.15, 0.2) is 5.76 Å². The summed E-state index contributed by atoms with van der Waals surface area (Å²) in [6.45, 7) is 1.16. The highest BCUT2D eigenvalue weighted by Crippen LogP contribution is 2.24. The molecule has 7 nitrogen and oxygen atoms in total. The predicted octanol–water partition coefficient (Wildman–Crippen LogP) is 2.09. The number of furan rings is 1. The first-order valence-electron chi connectivity index (χ1n) is 8.83. The van der Waals surface area contributed by atoms with Crippen molar-refractivity contribution in [2.24, 2.45) is 5.92 Å². The fourth-order valence-electron chi connectivity index (χ4n) is 3.14. The van der Waals surface area contributed by atoms with Crippen LogP contribution in [-0.2, 0) is 9.53 Å². The van der Waals surface area contributed by atoms with Crippen LogP contribution in [-0.4, -0.2) is 38.1 Å². The fourth-order valence-corrected chi connectivity index (χ4v) is 3.14. The number of nitriles is 1. The van der Waals surface area contributed by atoms with Crippen molar-refractivity contribution >= 4 is 11.8 Å². The van der Waals surface area contributed by atoms with Crippen LogP contribution in [0.1, 0.15) is 29.0 Å². The van der Waals surface area contributed by atoms with Crippen LogP contribution in [0.2, 0.25) is 0 Å². The molecule has 3 rings (SSSR count). The second kappa shape index (κ2) is 8.52. The summed E-state index contributed by atoms with van der Waals surface area (Å²) in [6.07, 6.45) is 1.43. The Morgan fingerprint density at radius 3 is 2.48 bits per heavy atom. The number of ether oxygens (including phenoxy) is 1. The van der Waals surface area contributed by atoms with Crippen molar-refractivity contribution in [2.75, 3.05) is 20.3 Å². The number of rotatable bonds is 5. The minimum atomic E-state index is -0.630. The molecule has 27 heavy (non-hydrogen) atoms. The zero-order valence-electron chi connectivity index (χ0n) is 15.0. The second-order valence-corrected chi connectivity index (χ2v) is 6.37. The molecule has 1 aromatic heterocycles. The summed E-state index contributed by atoms with van der Waals surface area (Å²) >= 11 is 0. The Hall–Kier alpha value is -3.11. The van der Waals surface area contributed by atoms with Crippen LogP contribution < -0.4 is 10.6 Å². The van der Waals surface area contributed by atoms with Crippen molar-refractivity contribution in [1.82, 2.24) is 10.6 Å². The van der Waals surface area contributed by atoms with Crippen molar-refractivity contribution in [3.05, 3.63) is 47.7 Å². The zero-order chi connectivity index (χ0) is 19.2. The SMILES string of the molecule is CNC(=O)C(NC(=O)c1ccc(-c2ccc(C#N)cc2)o1)C1CCOCC1. The molecule has 1 unspecified atom stereocenters. The summed E-state index contributed by atoms with van der Waals surface area (Å²) in [6, 6.07) is 11.6. The van der Waals surface area contributed by atoms with Gasteiger partial charge in [0.25, 0.3) is 5.91 Å². The predicted molar refractivity (Wildman–Crippen MR) is 97.7 cm³/mol. The average molecular weight is 367 g/mol. The number of carbonyl (C=O) groups excluding carboxylic acids is 2. The molecule has 0 aliphatic carbocycles. The molecule has 2 N–H and O–H groups in total. The molecule has 1 atom stereocenters. The van der Waals surface area contributed by atoms with E-state index >= 15 is 0 Å². The van der Waals surface area contributed by atoms with Gasteiger partial charge < -0.3 is 19.8 Å². The molecule has 2 aromatic rings. The molecule has 0 bridgehead atoms. The number of nitrogens with one attached hydrogen (secondary N) is 2. The molecule has 1 saturated heterocycles. The summed E-state index contributed by atoms with van der Waals surface area (Å²) in [5.41, 5.74) is 1.31. The molecule has 0 saturated carbocycles. The Labute approximate surface area is 157 Å². The molecule has 1 aliphatic rings.